The Balaban J connectivity index is 2.57. The van der Waals surface area contributed by atoms with Crippen molar-refractivity contribution in [3.63, 3.8) is 0 Å². The maximum absolute atomic E-state index is 11.4. The minimum Gasteiger partial charge on any atom is -0.342 e. The van der Waals surface area contributed by atoms with Crippen LogP contribution in [0.5, 0.6) is 0 Å². The van der Waals surface area contributed by atoms with Crippen LogP contribution in [0.2, 0.25) is 0 Å². The van der Waals surface area contributed by atoms with Crippen molar-refractivity contribution in [3.8, 4) is 0 Å². The van der Waals surface area contributed by atoms with Gasteiger partial charge in [0.2, 0.25) is 11.8 Å². The highest BCUT2D eigenvalue weighted by atomic mass is 16.2. The summed E-state index contributed by atoms with van der Waals surface area (Å²) in [6.07, 6.45) is 0.0531. The molecule has 2 atom stereocenters. The number of likely N-dealkylation sites (N-methyl/N-ethyl adjacent to an activating group) is 2. The summed E-state index contributed by atoms with van der Waals surface area (Å²) in [6.45, 7) is 1.68. The number of rotatable bonds is 3. The maximum Gasteiger partial charge on any atom is 0.252 e. The Kier molecular flexibility index (Phi) is 3.41. The molecule has 3 amide bonds. The predicted molar refractivity (Wildman–Crippen MR) is 52.8 cm³/mol. The van der Waals surface area contributed by atoms with Gasteiger partial charge in [0.05, 0.1) is 12.5 Å². The third kappa shape index (κ3) is 2.33. The SMILES string of the molecule is CNC(C)C(=O)NC1CC(=O)N(C)C1=O. The number of nitrogens with zero attached hydrogens (tertiary/aromatic N) is 1. The summed E-state index contributed by atoms with van der Waals surface area (Å²) in [5.74, 6) is -0.891. The van der Waals surface area contributed by atoms with Crippen molar-refractivity contribution in [2.45, 2.75) is 25.4 Å². The van der Waals surface area contributed by atoms with Crippen LogP contribution in [0.25, 0.3) is 0 Å². The van der Waals surface area contributed by atoms with E-state index in [-0.39, 0.29) is 30.2 Å². The molecular weight excluding hydrogens is 198 g/mol. The van der Waals surface area contributed by atoms with Gasteiger partial charge in [0, 0.05) is 7.05 Å². The van der Waals surface area contributed by atoms with Crippen molar-refractivity contribution >= 4 is 17.7 Å². The number of nitrogens with one attached hydrogen (secondary N) is 2. The van der Waals surface area contributed by atoms with Gasteiger partial charge >= 0.3 is 0 Å². The first kappa shape index (κ1) is 11.6. The second kappa shape index (κ2) is 4.39. The fourth-order valence-corrected chi connectivity index (χ4v) is 1.30. The Morgan fingerprint density at radius 2 is 2.13 bits per heavy atom. The Hall–Kier alpha value is -1.43. The van der Waals surface area contributed by atoms with E-state index < -0.39 is 6.04 Å². The quantitative estimate of drug-likeness (QED) is 0.557. The number of carbonyl (C=O) groups is 3. The zero-order valence-electron chi connectivity index (χ0n) is 9.03. The second-order valence-electron chi connectivity index (χ2n) is 3.57. The molecular formula is C9H15N3O3. The Morgan fingerprint density at radius 1 is 1.53 bits per heavy atom. The number of hydrogen-bond acceptors (Lipinski definition) is 4. The molecule has 1 fully saturated rings. The molecule has 0 radical (unpaired) electrons. The molecule has 15 heavy (non-hydrogen) atoms. The molecule has 0 aromatic carbocycles. The molecule has 6 heteroatoms. The molecule has 0 bridgehead atoms. The summed E-state index contributed by atoms with van der Waals surface area (Å²) >= 11 is 0. The van der Waals surface area contributed by atoms with Gasteiger partial charge in [0.25, 0.3) is 5.91 Å². The number of likely N-dealkylation sites (tertiary alicyclic amines) is 1. The predicted octanol–water partition coefficient (Wildman–Crippen LogP) is -1.53. The van der Waals surface area contributed by atoms with E-state index in [1.165, 1.54) is 7.05 Å². The van der Waals surface area contributed by atoms with Crippen molar-refractivity contribution in [2.24, 2.45) is 0 Å². The molecule has 1 rings (SSSR count). The highest BCUT2D eigenvalue weighted by Gasteiger charge is 2.37. The van der Waals surface area contributed by atoms with Crippen LogP contribution >= 0.6 is 0 Å². The largest absolute Gasteiger partial charge is 0.342 e. The van der Waals surface area contributed by atoms with Gasteiger partial charge in [-0.1, -0.05) is 0 Å². The number of carbonyl (C=O) groups excluding carboxylic acids is 3. The van der Waals surface area contributed by atoms with Gasteiger partial charge in [-0.2, -0.15) is 0 Å². The van der Waals surface area contributed by atoms with E-state index in [9.17, 15) is 14.4 Å². The lowest BCUT2D eigenvalue weighted by atomic mass is 10.2. The van der Waals surface area contributed by atoms with Gasteiger partial charge in [-0.05, 0) is 14.0 Å². The van der Waals surface area contributed by atoms with E-state index in [2.05, 4.69) is 10.6 Å². The molecule has 0 aliphatic carbocycles. The van der Waals surface area contributed by atoms with Crippen LogP contribution in [0.3, 0.4) is 0 Å². The molecule has 0 spiro atoms. The first-order valence-electron chi connectivity index (χ1n) is 4.75. The van der Waals surface area contributed by atoms with E-state index >= 15 is 0 Å². The molecule has 0 aromatic heterocycles. The molecule has 1 aliphatic rings. The summed E-state index contributed by atoms with van der Waals surface area (Å²) in [5.41, 5.74) is 0. The minimum absolute atomic E-state index is 0.0531. The summed E-state index contributed by atoms with van der Waals surface area (Å²) < 4.78 is 0. The summed E-state index contributed by atoms with van der Waals surface area (Å²) in [6, 6.07) is -1.08. The monoisotopic (exact) mass is 213 g/mol. The lowest BCUT2D eigenvalue weighted by Crippen LogP contribution is -2.47. The molecule has 2 unspecified atom stereocenters. The third-order valence-electron chi connectivity index (χ3n) is 2.52. The standard InChI is InChI=1S/C9H15N3O3/c1-5(10-2)8(14)11-6-4-7(13)12(3)9(6)15/h5-6,10H,4H2,1-3H3,(H,11,14). The lowest BCUT2D eigenvalue weighted by molar-refractivity contribution is -0.138. The zero-order valence-corrected chi connectivity index (χ0v) is 9.03. The topological polar surface area (TPSA) is 78.5 Å². The van der Waals surface area contributed by atoms with E-state index in [1.54, 1.807) is 14.0 Å². The molecule has 84 valence electrons. The smallest absolute Gasteiger partial charge is 0.252 e. The van der Waals surface area contributed by atoms with Gasteiger partial charge < -0.3 is 10.6 Å². The molecule has 0 aromatic rings. The molecule has 6 nitrogen and oxygen atoms in total. The van der Waals surface area contributed by atoms with Crippen molar-refractivity contribution < 1.29 is 14.4 Å². The summed E-state index contributed by atoms with van der Waals surface area (Å²) in [4.78, 5) is 35.1. The van der Waals surface area contributed by atoms with Gasteiger partial charge in [0.15, 0.2) is 0 Å². The normalized spacial score (nSPS) is 23.1. The van der Waals surface area contributed by atoms with E-state index in [0.29, 0.717) is 0 Å². The lowest BCUT2D eigenvalue weighted by Gasteiger charge is -2.14. The van der Waals surface area contributed by atoms with Crippen molar-refractivity contribution in [2.75, 3.05) is 14.1 Å². The number of imide groups is 1. The summed E-state index contributed by atoms with van der Waals surface area (Å²) in [5, 5.41) is 5.28. The van der Waals surface area contributed by atoms with Crippen LogP contribution in [0, 0.1) is 0 Å². The Morgan fingerprint density at radius 3 is 2.53 bits per heavy atom. The van der Waals surface area contributed by atoms with E-state index in [4.69, 9.17) is 0 Å². The van der Waals surface area contributed by atoms with Crippen LogP contribution in [-0.2, 0) is 14.4 Å². The zero-order chi connectivity index (χ0) is 11.6. The van der Waals surface area contributed by atoms with Crippen LogP contribution < -0.4 is 10.6 Å². The Labute approximate surface area is 88.0 Å². The van der Waals surface area contributed by atoms with Crippen molar-refractivity contribution in [1.29, 1.82) is 0 Å². The molecule has 2 N–H and O–H groups in total. The van der Waals surface area contributed by atoms with Gasteiger partial charge in [0.1, 0.15) is 6.04 Å². The van der Waals surface area contributed by atoms with Gasteiger partial charge in [-0.25, -0.2) is 0 Å². The highest BCUT2D eigenvalue weighted by molar-refractivity contribution is 6.06. The minimum atomic E-state index is -0.703. The molecule has 1 heterocycles. The average Bonchev–Trinajstić information content (AvgIpc) is 2.45. The van der Waals surface area contributed by atoms with Crippen molar-refractivity contribution in [1.82, 2.24) is 15.5 Å². The highest BCUT2D eigenvalue weighted by Crippen LogP contribution is 2.10. The number of hydrogen-bond donors (Lipinski definition) is 2. The fourth-order valence-electron chi connectivity index (χ4n) is 1.30. The van der Waals surface area contributed by atoms with Crippen LogP contribution in [0.4, 0.5) is 0 Å². The van der Waals surface area contributed by atoms with Crippen LogP contribution in [0.1, 0.15) is 13.3 Å². The van der Waals surface area contributed by atoms with Crippen molar-refractivity contribution in [3.05, 3.63) is 0 Å². The van der Waals surface area contributed by atoms with Crippen LogP contribution in [0.15, 0.2) is 0 Å². The molecule has 1 saturated heterocycles. The fraction of sp³-hybridized carbons (Fsp3) is 0.667. The molecule has 1 aliphatic heterocycles. The Bertz CT molecular complexity index is 303. The number of amides is 3. The first-order chi connectivity index (χ1) is 6.97. The molecule has 0 saturated carbocycles. The van der Waals surface area contributed by atoms with Gasteiger partial charge in [-0.15, -0.1) is 0 Å². The average molecular weight is 213 g/mol. The third-order valence-corrected chi connectivity index (χ3v) is 2.52. The van der Waals surface area contributed by atoms with Gasteiger partial charge in [-0.3, -0.25) is 19.3 Å². The second-order valence-corrected chi connectivity index (χ2v) is 3.57. The maximum atomic E-state index is 11.4. The van der Waals surface area contributed by atoms with E-state index in [1.807, 2.05) is 0 Å². The van der Waals surface area contributed by atoms with E-state index in [0.717, 1.165) is 4.90 Å². The summed E-state index contributed by atoms with van der Waals surface area (Å²) in [7, 11) is 3.07. The first-order valence-corrected chi connectivity index (χ1v) is 4.75. The van der Waals surface area contributed by atoms with Crippen LogP contribution in [-0.4, -0.2) is 48.8 Å².